The van der Waals surface area contributed by atoms with E-state index in [9.17, 15) is 13.6 Å². The first-order valence-corrected chi connectivity index (χ1v) is 11.6. The van der Waals surface area contributed by atoms with Crippen LogP contribution in [0.15, 0.2) is 23.2 Å². The summed E-state index contributed by atoms with van der Waals surface area (Å²) in [5.41, 5.74) is 6.59. The van der Waals surface area contributed by atoms with Gasteiger partial charge in [0.05, 0.1) is 12.7 Å². The van der Waals surface area contributed by atoms with Crippen LogP contribution in [-0.2, 0) is 21.5 Å². The average Bonchev–Trinajstić information content (AvgIpc) is 3.47. The minimum atomic E-state index is -2.78. The molecular formula is C24H31F2N3O3. The van der Waals surface area contributed by atoms with Crippen molar-refractivity contribution in [1.82, 2.24) is 4.90 Å². The minimum Gasteiger partial charge on any atom is -0.493 e. The molecule has 1 aromatic rings. The number of carbonyl (C=O) groups excluding carboxylic acids is 1. The Hall–Kier alpha value is -2.22. The highest BCUT2D eigenvalue weighted by atomic mass is 19.3. The van der Waals surface area contributed by atoms with Crippen molar-refractivity contribution in [2.75, 3.05) is 6.61 Å². The SMILES string of the molecule is CC(C)N1C(=O)C2(N=C1N)c1cc(OCC3CC3)ccc1CC21CCC(OC(F)F)CC1. The zero-order valence-electron chi connectivity index (χ0n) is 18.7. The zero-order chi connectivity index (χ0) is 22.7. The standard InChI is InChI=1S/C24H31F2N3O3/c1-14(2)29-20(30)24(28-22(29)27)19-11-18(31-13-15-3-4-15)6-5-16(19)12-23(24)9-7-17(8-10-23)32-21(25)26/h5-6,11,14-15,17,21H,3-4,7-10,12-13H2,1-2H3,(H2,27,28). The lowest BCUT2D eigenvalue weighted by molar-refractivity contribution is -0.179. The second kappa shape index (κ2) is 7.68. The van der Waals surface area contributed by atoms with Crippen LogP contribution in [0.5, 0.6) is 5.75 Å². The molecule has 32 heavy (non-hydrogen) atoms. The molecule has 2 fully saturated rings. The quantitative estimate of drug-likeness (QED) is 0.716. The third-order valence-electron chi connectivity index (χ3n) is 7.71. The Morgan fingerprint density at radius 2 is 1.94 bits per heavy atom. The van der Waals surface area contributed by atoms with Crippen LogP contribution < -0.4 is 10.5 Å². The fourth-order valence-electron chi connectivity index (χ4n) is 5.95. The summed E-state index contributed by atoms with van der Waals surface area (Å²) in [4.78, 5) is 20.5. The van der Waals surface area contributed by atoms with E-state index in [-0.39, 0.29) is 17.9 Å². The Bertz CT molecular complexity index is 938. The normalized spacial score (nSPS) is 31.8. The highest BCUT2D eigenvalue weighted by Crippen LogP contribution is 2.62. The predicted octanol–water partition coefficient (Wildman–Crippen LogP) is 3.96. The molecule has 0 bridgehead atoms. The molecule has 2 N–H and O–H groups in total. The molecule has 0 radical (unpaired) electrons. The molecule has 1 heterocycles. The third kappa shape index (κ3) is 3.29. The van der Waals surface area contributed by atoms with Gasteiger partial charge in [-0.25, -0.2) is 4.99 Å². The van der Waals surface area contributed by atoms with Gasteiger partial charge in [0.25, 0.3) is 5.91 Å². The van der Waals surface area contributed by atoms with Crippen LogP contribution in [0.3, 0.4) is 0 Å². The molecule has 0 aromatic heterocycles. The molecule has 1 aliphatic heterocycles. The van der Waals surface area contributed by atoms with Crippen molar-refractivity contribution in [3.05, 3.63) is 29.3 Å². The topological polar surface area (TPSA) is 77.2 Å². The van der Waals surface area contributed by atoms with Crippen molar-refractivity contribution in [1.29, 1.82) is 0 Å². The molecule has 1 unspecified atom stereocenters. The smallest absolute Gasteiger partial charge is 0.345 e. The highest BCUT2D eigenvalue weighted by Gasteiger charge is 2.67. The summed E-state index contributed by atoms with van der Waals surface area (Å²) >= 11 is 0. The lowest BCUT2D eigenvalue weighted by Gasteiger charge is -2.45. The number of fused-ring (bicyclic) bond motifs is 3. The summed E-state index contributed by atoms with van der Waals surface area (Å²) in [6.45, 7) is 1.74. The van der Waals surface area contributed by atoms with E-state index in [1.165, 1.54) is 12.8 Å². The number of nitrogens with zero attached hydrogens (tertiary/aromatic N) is 2. The Labute approximate surface area is 187 Å². The molecule has 0 saturated heterocycles. The number of carbonyl (C=O) groups is 1. The van der Waals surface area contributed by atoms with Gasteiger partial charge >= 0.3 is 6.61 Å². The molecule has 1 atom stereocenters. The Kier molecular flexibility index (Phi) is 5.19. The second-order valence-electron chi connectivity index (χ2n) is 10.1. The first-order chi connectivity index (χ1) is 15.3. The number of amides is 1. The number of aliphatic imine (C=N–C) groups is 1. The number of hydrogen-bond donors (Lipinski definition) is 1. The van der Waals surface area contributed by atoms with Crippen LogP contribution in [0.25, 0.3) is 0 Å². The molecule has 4 aliphatic rings. The van der Waals surface area contributed by atoms with Crippen molar-refractivity contribution < 1.29 is 23.0 Å². The van der Waals surface area contributed by atoms with E-state index < -0.39 is 23.7 Å². The van der Waals surface area contributed by atoms with Gasteiger partial charge in [0.2, 0.25) is 0 Å². The Morgan fingerprint density at radius 1 is 1.22 bits per heavy atom. The fraction of sp³-hybridized carbons (Fsp3) is 0.667. The predicted molar refractivity (Wildman–Crippen MR) is 115 cm³/mol. The van der Waals surface area contributed by atoms with Crippen LogP contribution in [0.4, 0.5) is 8.78 Å². The fourth-order valence-corrected chi connectivity index (χ4v) is 5.95. The molecular weight excluding hydrogens is 416 g/mol. The third-order valence-corrected chi connectivity index (χ3v) is 7.71. The highest BCUT2D eigenvalue weighted by molar-refractivity contribution is 6.08. The van der Waals surface area contributed by atoms with Crippen LogP contribution >= 0.6 is 0 Å². The molecule has 5 rings (SSSR count). The molecule has 6 nitrogen and oxygen atoms in total. The molecule has 2 spiro atoms. The van der Waals surface area contributed by atoms with Crippen molar-refractivity contribution in [3.63, 3.8) is 0 Å². The number of guanidine groups is 1. The second-order valence-corrected chi connectivity index (χ2v) is 10.1. The first-order valence-electron chi connectivity index (χ1n) is 11.6. The molecule has 2 saturated carbocycles. The van der Waals surface area contributed by atoms with Crippen LogP contribution in [-0.4, -0.2) is 42.1 Å². The van der Waals surface area contributed by atoms with Crippen LogP contribution in [0, 0.1) is 11.3 Å². The van der Waals surface area contributed by atoms with E-state index >= 15 is 0 Å². The van der Waals surface area contributed by atoms with Crippen molar-refractivity contribution in [3.8, 4) is 5.75 Å². The molecule has 1 aromatic carbocycles. The number of alkyl halides is 2. The van der Waals surface area contributed by atoms with Crippen LogP contribution in [0.2, 0.25) is 0 Å². The zero-order valence-corrected chi connectivity index (χ0v) is 18.7. The number of halogens is 2. The average molecular weight is 448 g/mol. The lowest BCUT2D eigenvalue weighted by atomic mass is 9.61. The van der Waals surface area contributed by atoms with Gasteiger partial charge in [-0.1, -0.05) is 6.07 Å². The number of nitrogens with two attached hydrogens (primary N) is 1. The molecule has 8 heteroatoms. The van der Waals surface area contributed by atoms with E-state index in [4.69, 9.17) is 20.2 Å². The van der Waals surface area contributed by atoms with Gasteiger partial charge in [0.15, 0.2) is 11.5 Å². The summed E-state index contributed by atoms with van der Waals surface area (Å²) in [5.74, 6) is 1.47. The summed E-state index contributed by atoms with van der Waals surface area (Å²) in [6.07, 6.45) is 4.65. The summed E-state index contributed by atoms with van der Waals surface area (Å²) < 4.78 is 36.4. The Morgan fingerprint density at radius 3 is 2.53 bits per heavy atom. The van der Waals surface area contributed by atoms with E-state index in [0.717, 1.165) is 16.9 Å². The van der Waals surface area contributed by atoms with Gasteiger partial charge in [-0.05, 0) is 88.0 Å². The van der Waals surface area contributed by atoms with Gasteiger partial charge in [0.1, 0.15) is 5.75 Å². The summed E-state index contributed by atoms with van der Waals surface area (Å²) in [7, 11) is 0. The molecule has 174 valence electrons. The van der Waals surface area contributed by atoms with E-state index in [2.05, 4.69) is 0 Å². The number of hydrogen-bond acceptors (Lipinski definition) is 5. The Balaban J connectivity index is 1.54. The number of ether oxygens (including phenoxy) is 2. The monoisotopic (exact) mass is 447 g/mol. The van der Waals surface area contributed by atoms with E-state index in [0.29, 0.717) is 44.6 Å². The summed E-state index contributed by atoms with van der Waals surface area (Å²) in [6, 6.07) is 5.84. The van der Waals surface area contributed by atoms with E-state index in [1.807, 2.05) is 32.0 Å². The minimum absolute atomic E-state index is 0.115. The maximum Gasteiger partial charge on any atom is 0.345 e. The maximum atomic E-state index is 14.0. The molecule has 3 aliphatic carbocycles. The van der Waals surface area contributed by atoms with Gasteiger partial charge in [0, 0.05) is 11.5 Å². The first kappa shape index (κ1) is 21.6. The van der Waals surface area contributed by atoms with Crippen molar-refractivity contribution in [2.24, 2.45) is 22.1 Å². The summed E-state index contributed by atoms with van der Waals surface area (Å²) in [5, 5.41) is 0. The van der Waals surface area contributed by atoms with Crippen LogP contribution in [0.1, 0.15) is 63.5 Å². The van der Waals surface area contributed by atoms with Crippen molar-refractivity contribution >= 4 is 11.9 Å². The van der Waals surface area contributed by atoms with E-state index in [1.54, 1.807) is 4.90 Å². The maximum absolute atomic E-state index is 14.0. The van der Waals surface area contributed by atoms with Gasteiger partial charge < -0.3 is 15.2 Å². The largest absolute Gasteiger partial charge is 0.493 e. The lowest BCUT2D eigenvalue weighted by Crippen LogP contribution is -2.53. The van der Waals surface area contributed by atoms with Crippen molar-refractivity contribution in [2.45, 2.75) is 83.1 Å². The molecule has 1 amide bonds. The van der Waals surface area contributed by atoms with Gasteiger partial charge in [-0.2, -0.15) is 8.78 Å². The van der Waals surface area contributed by atoms with Gasteiger partial charge in [-0.3, -0.25) is 9.69 Å². The van der Waals surface area contributed by atoms with Gasteiger partial charge in [-0.15, -0.1) is 0 Å². The number of benzene rings is 1. The number of rotatable bonds is 6.